The van der Waals surface area contributed by atoms with Gasteiger partial charge in [-0.25, -0.2) is 0 Å². The zero-order chi connectivity index (χ0) is 19.2. The Labute approximate surface area is 158 Å². The van der Waals surface area contributed by atoms with E-state index in [9.17, 15) is 4.79 Å². The molecule has 0 unspecified atom stereocenters. The molecular formula is C19H24N4O4. The third-order valence-electron chi connectivity index (χ3n) is 4.42. The van der Waals surface area contributed by atoms with E-state index >= 15 is 0 Å². The Hall–Kier alpha value is -2.87. The summed E-state index contributed by atoms with van der Waals surface area (Å²) in [6, 6.07) is 5.22. The minimum absolute atomic E-state index is 0.156. The second-order valence-corrected chi connectivity index (χ2v) is 6.37. The second kappa shape index (κ2) is 8.68. The fourth-order valence-corrected chi connectivity index (χ4v) is 2.80. The van der Waals surface area contributed by atoms with Gasteiger partial charge in [0.25, 0.3) is 0 Å². The normalized spacial score (nSPS) is 14.6. The summed E-state index contributed by atoms with van der Waals surface area (Å²) in [5.74, 6) is 2.12. The third kappa shape index (κ3) is 4.85. The number of aryl methyl sites for hydroxylation is 1. The number of hydrogen-bond donors (Lipinski definition) is 1. The van der Waals surface area contributed by atoms with E-state index in [-0.39, 0.29) is 12.3 Å². The Morgan fingerprint density at radius 2 is 2.19 bits per heavy atom. The number of nitrogens with one attached hydrogen (secondary N) is 1. The first-order chi connectivity index (χ1) is 13.1. The van der Waals surface area contributed by atoms with Crippen LogP contribution in [-0.2, 0) is 11.2 Å². The van der Waals surface area contributed by atoms with Crippen molar-refractivity contribution in [3.63, 3.8) is 0 Å². The number of ether oxygens (including phenoxy) is 2. The van der Waals surface area contributed by atoms with Crippen molar-refractivity contribution in [3.8, 4) is 11.5 Å². The number of carbonyl (C=O) groups excluding carboxylic acids is 1. The van der Waals surface area contributed by atoms with E-state index in [0.717, 1.165) is 25.1 Å². The second-order valence-electron chi connectivity index (χ2n) is 6.37. The van der Waals surface area contributed by atoms with Gasteiger partial charge in [-0.05, 0) is 31.2 Å². The predicted molar refractivity (Wildman–Crippen MR) is 101 cm³/mol. The SMILES string of the molecule is COc1ccc(NC(=O)CCc2nc(C3=CCN(C)CC3)no2)c(OC)c1. The summed E-state index contributed by atoms with van der Waals surface area (Å²) in [5, 5.41) is 6.87. The summed E-state index contributed by atoms with van der Waals surface area (Å²) in [6.45, 7) is 1.85. The van der Waals surface area contributed by atoms with E-state index in [2.05, 4.69) is 33.5 Å². The number of aromatic nitrogens is 2. The maximum Gasteiger partial charge on any atom is 0.227 e. The molecule has 0 saturated heterocycles. The molecule has 3 rings (SSSR count). The molecule has 144 valence electrons. The first kappa shape index (κ1) is 18.9. The van der Waals surface area contributed by atoms with Crippen LogP contribution in [0.3, 0.4) is 0 Å². The monoisotopic (exact) mass is 372 g/mol. The zero-order valence-electron chi connectivity index (χ0n) is 15.8. The highest BCUT2D eigenvalue weighted by atomic mass is 16.5. The van der Waals surface area contributed by atoms with Gasteiger partial charge in [0.05, 0.1) is 19.9 Å². The van der Waals surface area contributed by atoms with Crippen molar-refractivity contribution in [3.05, 3.63) is 36.0 Å². The van der Waals surface area contributed by atoms with Crippen molar-refractivity contribution >= 4 is 17.2 Å². The van der Waals surface area contributed by atoms with Gasteiger partial charge in [0.15, 0.2) is 5.82 Å². The molecule has 0 atom stereocenters. The number of amides is 1. The average molecular weight is 372 g/mol. The maximum atomic E-state index is 12.2. The number of hydrogen-bond acceptors (Lipinski definition) is 7. The Morgan fingerprint density at radius 3 is 2.89 bits per heavy atom. The van der Waals surface area contributed by atoms with E-state index < -0.39 is 0 Å². The van der Waals surface area contributed by atoms with Crippen molar-refractivity contribution in [1.29, 1.82) is 0 Å². The molecule has 1 aromatic carbocycles. The molecule has 0 radical (unpaired) electrons. The highest BCUT2D eigenvalue weighted by Crippen LogP contribution is 2.29. The molecule has 0 fully saturated rings. The molecule has 0 saturated carbocycles. The number of rotatable bonds is 7. The minimum Gasteiger partial charge on any atom is -0.497 e. The zero-order valence-corrected chi connectivity index (χ0v) is 15.8. The molecule has 1 N–H and O–H groups in total. The van der Waals surface area contributed by atoms with E-state index in [1.165, 1.54) is 0 Å². The average Bonchev–Trinajstić information content (AvgIpc) is 3.16. The maximum absolute atomic E-state index is 12.2. The summed E-state index contributed by atoms with van der Waals surface area (Å²) in [4.78, 5) is 18.9. The molecule has 2 heterocycles. The van der Waals surface area contributed by atoms with Crippen molar-refractivity contribution in [2.24, 2.45) is 0 Å². The smallest absolute Gasteiger partial charge is 0.227 e. The van der Waals surface area contributed by atoms with Crippen molar-refractivity contribution in [2.75, 3.05) is 39.7 Å². The third-order valence-corrected chi connectivity index (χ3v) is 4.42. The Kier molecular flexibility index (Phi) is 6.08. The Balaban J connectivity index is 1.55. The topological polar surface area (TPSA) is 89.7 Å². The van der Waals surface area contributed by atoms with Crippen LogP contribution in [-0.4, -0.2) is 55.3 Å². The summed E-state index contributed by atoms with van der Waals surface area (Å²) in [6.07, 6.45) is 3.62. The molecule has 0 aliphatic carbocycles. The molecule has 2 aromatic rings. The fourth-order valence-electron chi connectivity index (χ4n) is 2.80. The van der Waals surface area contributed by atoms with Crippen LogP contribution in [0.1, 0.15) is 24.6 Å². The van der Waals surface area contributed by atoms with Gasteiger partial charge in [0.2, 0.25) is 11.8 Å². The van der Waals surface area contributed by atoms with Gasteiger partial charge in [0, 0.05) is 32.0 Å². The lowest BCUT2D eigenvalue weighted by Gasteiger charge is -2.19. The van der Waals surface area contributed by atoms with Gasteiger partial charge < -0.3 is 24.2 Å². The van der Waals surface area contributed by atoms with Crippen molar-refractivity contribution in [1.82, 2.24) is 15.0 Å². The summed E-state index contributed by atoms with van der Waals surface area (Å²) in [7, 11) is 5.20. The molecule has 1 aliphatic rings. The van der Waals surface area contributed by atoms with Crippen LogP contribution in [0.4, 0.5) is 5.69 Å². The molecule has 8 nitrogen and oxygen atoms in total. The number of nitrogens with zero attached hydrogens (tertiary/aromatic N) is 3. The van der Waals surface area contributed by atoms with E-state index in [0.29, 0.717) is 35.3 Å². The summed E-state index contributed by atoms with van der Waals surface area (Å²) in [5.41, 5.74) is 1.68. The quantitative estimate of drug-likeness (QED) is 0.798. The molecule has 1 aliphatic heterocycles. The van der Waals surface area contributed by atoms with Gasteiger partial charge in [-0.3, -0.25) is 4.79 Å². The van der Waals surface area contributed by atoms with Crippen LogP contribution in [0, 0.1) is 0 Å². The van der Waals surface area contributed by atoms with Crippen LogP contribution in [0.25, 0.3) is 5.57 Å². The van der Waals surface area contributed by atoms with Crippen molar-refractivity contribution in [2.45, 2.75) is 19.3 Å². The predicted octanol–water partition coefficient (Wildman–Crippen LogP) is 2.38. The number of methoxy groups -OCH3 is 2. The van der Waals surface area contributed by atoms with Gasteiger partial charge >= 0.3 is 0 Å². The molecule has 1 aromatic heterocycles. The summed E-state index contributed by atoms with van der Waals surface area (Å²) >= 11 is 0. The lowest BCUT2D eigenvalue weighted by atomic mass is 10.1. The lowest BCUT2D eigenvalue weighted by molar-refractivity contribution is -0.116. The van der Waals surface area contributed by atoms with Crippen LogP contribution in [0.2, 0.25) is 0 Å². The number of likely N-dealkylation sites (N-methyl/N-ethyl adjacent to an activating group) is 1. The largest absolute Gasteiger partial charge is 0.497 e. The highest BCUT2D eigenvalue weighted by molar-refractivity contribution is 5.92. The molecule has 27 heavy (non-hydrogen) atoms. The molecule has 8 heteroatoms. The molecule has 1 amide bonds. The van der Waals surface area contributed by atoms with E-state index in [4.69, 9.17) is 14.0 Å². The fraction of sp³-hybridized carbons (Fsp3) is 0.421. The number of anilines is 1. The van der Waals surface area contributed by atoms with Crippen LogP contribution in [0.15, 0.2) is 28.8 Å². The van der Waals surface area contributed by atoms with E-state index in [1.807, 2.05) is 0 Å². The summed E-state index contributed by atoms with van der Waals surface area (Å²) < 4.78 is 15.7. The van der Waals surface area contributed by atoms with Gasteiger partial charge in [-0.1, -0.05) is 11.2 Å². The van der Waals surface area contributed by atoms with Crippen LogP contribution in [0.5, 0.6) is 11.5 Å². The van der Waals surface area contributed by atoms with Gasteiger partial charge in [-0.15, -0.1) is 0 Å². The van der Waals surface area contributed by atoms with Gasteiger partial charge in [-0.2, -0.15) is 4.98 Å². The first-order valence-corrected chi connectivity index (χ1v) is 8.81. The van der Waals surface area contributed by atoms with E-state index in [1.54, 1.807) is 32.4 Å². The molecular weight excluding hydrogens is 348 g/mol. The van der Waals surface area contributed by atoms with Crippen LogP contribution < -0.4 is 14.8 Å². The lowest BCUT2D eigenvalue weighted by Crippen LogP contribution is -2.23. The number of carbonyl (C=O) groups is 1. The minimum atomic E-state index is -0.156. The molecule has 0 bridgehead atoms. The first-order valence-electron chi connectivity index (χ1n) is 8.81. The van der Waals surface area contributed by atoms with Crippen LogP contribution >= 0.6 is 0 Å². The highest BCUT2D eigenvalue weighted by Gasteiger charge is 2.16. The van der Waals surface area contributed by atoms with Crippen molar-refractivity contribution < 1.29 is 18.8 Å². The van der Waals surface area contributed by atoms with Gasteiger partial charge in [0.1, 0.15) is 11.5 Å². The Morgan fingerprint density at radius 1 is 1.33 bits per heavy atom. The number of benzene rings is 1. The molecule has 0 spiro atoms. The Bertz CT molecular complexity index is 831. The standard InChI is InChI=1S/C19H24N4O4/c1-23-10-8-13(9-11-23)19-21-18(27-22-19)7-6-17(24)20-15-5-4-14(25-2)12-16(15)26-3/h4-5,8,12H,6-7,9-11H2,1-3H3,(H,20,24).